The third-order valence-corrected chi connectivity index (χ3v) is 6.95. The van der Waals surface area contributed by atoms with Crippen LogP contribution in [0.1, 0.15) is 50.4 Å². The van der Waals surface area contributed by atoms with E-state index in [1.165, 1.54) is 37.6 Å². The molecule has 0 aliphatic carbocycles. The van der Waals surface area contributed by atoms with Gasteiger partial charge in [0.1, 0.15) is 10.8 Å². The monoisotopic (exact) mass is 438 g/mol. The van der Waals surface area contributed by atoms with Crippen LogP contribution >= 0.6 is 11.3 Å². The van der Waals surface area contributed by atoms with Gasteiger partial charge in [-0.1, -0.05) is 0 Å². The molecule has 1 aliphatic rings. The minimum absolute atomic E-state index is 0.0282. The topological polar surface area (TPSA) is 110 Å². The van der Waals surface area contributed by atoms with Crippen molar-refractivity contribution in [1.29, 1.82) is 0 Å². The number of amides is 1. The van der Waals surface area contributed by atoms with Crippen LogP contribution in [0.4, 0.5) is 5.82 Å². The summed E-state index contributed by atoms with van der Waals surface area (Å²) in [6.45, 7) is 2.45. The number of thiazole rings is 1. The van der Waals surface area contributed by atoms with Crippen LogP contribution in [0.25, 0.3) is 0 Å². The lowest BCUT2D eigenvalue weighted by molar-refractivity contribution is 0.0594. The van der Waals surface area contributed by atoms with E-state index in [2.05, 4.69) is 9.97 Å². The van der Waals surface area contributed by atoms with Gasteiger partial charge in [0.25, 0.3) is 5.91 Å². The van der Waals surface area contributed by atoms with Crippen molar-refractivity contribution < 1.29 is 22.7 Å². The molecule has 1 saturated heterocycles. The zero-order valence-electron chi connectivity index (χ0n) is 16.6. The van der Waals surface area contributed by atoms with Gasteiger partial charge >= 0.3 is 5.97 Å². The van der Waals surface area contributed by atoms with Gasteiger partial charge in [0.2, 0.25) is 10.0 Å². The number of ether oxygens (including phenoxy) is 1. The Balaban J connectivity index is 2.02. The van der Waals surface area contributed by atoms with Crippen molar-refractivity contribution in [1.82, 2.24) is 14.9 Å². The molecule has 11 heteroatoms. The molecule has 0 spiro atoms. The van der Waals surface area contributed by atoms with Crippen molar-refractivity contribution in [3.8, 4) is 0 Å². The van der Waals surface area contributed by atoms with Crippen LogP contribution in [0.2, 0.25) is 0 Å². The highest BCUT2D eigenvalue weighted by molar-refractivity contribution is 7.92. The quantitative estimate of drug-likeness (QED) is 0.657. The second-order valence-corrected chi connectivity index (χ2v) is 9.71. The molecule has 0 N–H and O–H groups in total. The maximum atomic E-state index is 13.3. The van der Waals surface area contributed by atoms with E-state index in [0.717, 1.165) is 34.1 Å². The number of methoxy groups -OCH3 is 1. The van der Waals surface area contributed by atoms with Crippen molar-refractivity contribution in [3.63, 3.8) is 0 Å². The van der Waals surface area contributed by atoms with Gasteiger partial charge in [-0.05, 0) is 31.9 Å². The van der Waals surface area contributed by atoms with Crippen molar-refractivity contribution in [3.05, 3.63) is 39.5 Å². The third-order valence-electron chi connectivity index (χ3n) is 4.71. The summed E-state index contributed by atoms with van der Waals surface area (Å²) >= 11 is 1.51. The number of aryl methyl sites for hydroxylation is 1. The predicted molar refractivity (Wildman–Crippen MR) is 109 cm³/mol. The lowest BCUT2D eigenvalue weighted by Gasteiger charge is -2.24. The van der Waals surface area contributed by atoms with Gasteiger partial charge < -0.3 is 9.64 Å². The molecule has 1 aliphatic heterocycles. The summed E-state index contributed by atoms with van der Waals surface area (Å²) in [5, 5.41) is 2.81. The minimum Gasteiger partial charge on any atom is -0.464 e. The molecule has 29 heavy (non-hydrogen) atoms. The van der Waals surface area contributed by atoms with E-state index >= 15 is 0 Å². The predicted octanol–water partition coefficient (Wildman–Crippen LogP) is 2.01. The molecule has 156 valence electrons. The van der Waals surface area contributed by atoms with Crippen LogP contribution in [-0.2, 0) is 14.8 Å². The Kier molecular flexibility index (Phi) is 5.90. The van der Waals surface area contributed by atoms with E-state index in [0.29, 0.717) is 6.54 Å². The van der Waals surface area contributed by atoms with Gasteiger partial charge in [0.05, 0.1) is 19.4 Å². The average Bonchev–Trinajstić information content (AvgIpc) is 3.33. The molecule has 9 nitrogen and oxygen atoms in total. The average molecular weight is 439 g/mol. The maximum Gasteiger partial charge on any atom is 0.356 e. The first-order valence-electron chi connectivity index (χ1n) is 8.89. The summed E-state index contributed by atoms with van der Waals surface area (Å²) in [7, 11) is -1.13. The van der Waals surface area contributed by atoms with Gasteiger partial charge in [-0.15, -0.1) is 11.3 Å². The van der Waals surface area contributed by atoms with E-state index in [1.807, 2.05) is 12.3 Å². The van der Waals surface area contributed by atoms with Gasteiger partial charge in [0, 0.05) is 30.2 Å². The zero-order chi connectivity index (χ0) is 21.3. The number of likely N-dealkylation sites (tertiary alicyclic amines) is 1. The van der Waals surface area contributed by atoms with Crippen molar-refractivity contribution >= 4 is 39.1 Å². The summed E-state index contributed by atoms with van der Waals surface area (Å²) in [4.78, 5) is 35.6. The molecule has 1 atom stereocenters. The highest BCUT2D eigenvalue weighted by Gasteiger charge is 2.33. The number of hydrogen-bond acceptors (Lipinski definition) is 8. The lowest BCUT2D eigenvalue weighted by Crippen LogP contribution is -2.32. The van der Waals surface area contributed by atoms with Crippen LogP contribution in [0.15, 0.2) is 17.5 Å². The molecular formula is C18H22N4O5S2. The highest BCUT2D eigenvalue weighted by atomic mass is 32.2. The number of aromatic nitrogens is 2. The summed E-state index contributed by atoms with van der Waals surface area (Å²) in [6.07, 6.45) is 2.64. The van der Waals surface area contributed by atoms with Gasteiger partial charge in [-0.25, -0.2) is 23.2 Å². The number of rotatable bonds is 5. The molecule has 0 unspecified atom stereocenters. The fourth-order valence-corrected chi connectivity index (χ4v) is 4.51. The van der Waals surface area contributed by atoms with E-state index in [-0.39, 0.29) is 29.0 Å². The van der Waals surface area contributed by atoms with E-state index in [1.54, 1.807) is 4.90 Å². The minimum atomic E-state index is -3.63. The Morgan fingerprint density at radius 3 is 2.62 bits per heavy atom. The number of carbonyl (C=O) groups excluding carboxylic acids is 2. The zero-order valence-corrected chi connectivity index (χ0v) is 18.2. The summed E-state index contributed by atoms with van der Waals surface area (Å²) < 4.78 is 29.5. The Bertz CT molecular complexity index is 1050. The Hall–Kier alpha value is -2.53. The normalized spacial score (nSPS) is 16.7. The Morgan fingerprint density at radius 2 is 2.03 bits per heavy atom. The van der Waals surface area contributed by atoms with E-state index < -0.39 is 16.0 Å². The van der Waals surface area contributed by atoms with Crippen LogP contribution < -0.4 is 4.31 Å². The van der Waals surface area contributed by atoms with Gasteiger partial charge in [0.15, 0.2) is 5.69 Å². The summed E-state index contributed by atoms with van der Waals surface area (Å²) in [5.74, 6) is -1.09. The van der Waals surface area contributed by atoms with Crippen LogP contribution in [0.3, 0.4) is 0 Å². The molecule has 3 rings (SSSR count). The number of carbonyl (C=O) groups is 2. The Morgan fingerprint density at radius 1 is 1.31 bits per heavy atom. The van der Waals surface area contributed by atoms with Crippen molar-refractivity contribution in [2.45, 2.75) is 25.8 Å². The second kappa shape index (κ2) is 8.07. The lowest BCUT2D eigenvalue weighted by atomic mass is 10.1. The SMILES string of the molecule is COC(=O)c1cc(C(=O)N2CCC[C@@H]2c2nc(C)cs2)cc(N(C)S(C)(=O)=O)n1. The number of esters is 1. The van der Waals surface area contributed by atoms with Crippen LogP contribution in [0, 0.1) is 6.92 Å². The molecule has 0 radical (unpaired) electrons. The molecule has 0 aromatic carbocycles. The number of anilines is 1. The van der Waals surface area contributed by atoms with Crippen LogP contribution in [-0.4, -0.2) is 62.1 Å². The summed E-state index contributed by atoms with van der Waals surface area (Å²) in [5.41, 5.74) is 0.939. The molecule has 0 saturated carbocycles. The molecule has 1 amide bonds. The molecule has 2 aromatic rings. The summed E-state index contributed by atoms with van der Waals surface area (Å²) in [6, 6.07) is 2.56. The second-order valence-electron chi connectivity index (χ2n) is 6.81. The van der Waals surface area contributed by atoms with Crippen LogP contribution in [0.5, 0.6) is 0 Å². The van der Waals surface area contributed by atoms with Gasteiger partial charge in [-0.3, -0.25) is 9.10 Å². The van der Waals surface area contributed by atoms with E-state index in [4.69, 9.17) is 4.74 Å². The molecule has 1 fully saturated rings. The molecule has 3 heterocycles. The molecule has 0 bridgehead atoms. The highest BCUT2D eigenvalue weighted by Crippen LogP contribution is 2.35. The largest absolute Gasteiger partial charge is 0.464 e. The number of hydrogen-bond donors (Lipinski definition) is 0. The first-order chi connectivity index (χ1) is 13.6. The fraction of sp³-hybridized carbons (Fsp3) is 0.444. The number of nitrogens with zero attached hydrogens (tertiary/aromatic N) is 4. The van der Waals surface area contributed by atoms with Gasteiger partial charge in [-0.2, -0.15) is 0 Å². The fourth-order valence-electron chi connectivity index (χ4n) is 3.14. The maximum absolute atomic E-state index is 13.3. The number of sulfonamides is 1. The standard InChI is InChI=1S/C18H22N4O5S2/c1-11-10-28-16(19-11)14-6-5-7-22(14)17(23)12-8-13(18(24)27-3)20-15(9-12)21(2)29(4,25)26/h8-10,14H,5-7H2,1-4H3/t14-/m1/s1. The first-order valence-corrected chi connectivity index (χ1v) is 11.6. The van der Waals surface area contributed by atoms with Crippen molar-refractivity contribution in [2.75, 3.05) is 31.3 Å². The smallest absolute Gasteiger partial charge is 0.356 e. The van der Waals surface area contributed by atoms with Crippen molar-refractivity contribution in [2.24, 2.45) is 0 Å². The molecule has 2 aromatic heterocycles. The van der Waals surface area contributed by atoms with E-state index in [9.17, 15) is 18.0 Å². The number of pyridine rings is 1. The Labute approximate surface area is 173 Å². The first kappa shape index (κ1) is 21.2. The third kappa shape index (κ3) is 4.40. The molecular weight excluding hydrogens is 416 g/mol.